The fraction of sp³-hybridized carbons (Fsp3) is 0.529. The van der Waals surface area contributed by atoms with Gasteiger partial charge in [-0.05, 0) is 54.5 Å². The van der Waals surface area contributed by atoms with Crippen molar-refractivity contribution in [1.82, 2.24) is 15.0 Å². The Bertz CT molecular complexity index is 771. The molecule has 2 aromatic rings. The third-order valence-corrected chi connectivity index (χ3v) is 2.95. The second-order valence-electron chi connectivity index (χ2n) is 7.65. The van der Waals surface area contributed by atoms with Gasteiger partial charge in [0, 0.05) is 11.6 Å². The molecule has 25 heavy (non-hydrogen) atoms. The summed E-state index contributed by atoms with van der Waals surface area (Å²) in [7, 11) is 0. The first-order valence-corrected chi connectivity index (χ1v) is 7.95. The molecule has 1 N–H and O–H groups in total. The number of nitrogens with zero attached hydrogens (tertiary/aromatic N) is 3. The van der Waals surface area contributed by atoms with E-state index in [-0.39, 0.29) is 5.95 Å². The highest BCUT2D eigenvalue weighted by molar-refractivity contribution is 6.08. The first-order chi connectivity index (χ1) is 11.4. The number of hydrogen-bond acceptors (Lipinski definition) is 6. The average molecular weight is 348 g/mol. The van der Waals surface area contributed by atoms with Gasteiger partial charge in [0.15, 0.2) is 0 Å². The number of imide groups is 1. The number of aromatic nitrogens is 3. The van der Waals surface area contributed by atoms with Crippen LogP contribution in [0.15, 0.2) is 12.3 Å². The average Bonchev–Trinajstić information content (AvgIpc) is 2.82. The zero-order chi connectivity index (χ0) is 19.0. The van der Waals surface area contributed by atoms with Crippen LogP contribution in [0.3, 0.4) is 0 Å². The van der Waals surface area contributed by atoms with Crippen LogP contribution >= 0.6 is 0 Å². The minimum Gasteiger partial charge on any atom is -0.443 e. The van der Waals surface area contributed by atoms with E-state index in [1.807, 2.05) is 6.07 Å². The third-order valence-electron chi connectivity index (χ3n) is 2.95. The lowest BCUT2D eigenvalue weighted by molar-refractivity contribution is 0.0427. The second-order valence-corrected chi connectivity index (χ2v) is 7.65. The molecule has 0 unspecified atom stereocenters. The molecule has 2 heterocycles. The van der Waals surface area contributed by atoms with Crippen molar-refractivity contribution in [3.8, 4) is 0 Å². The Morgan fingerprint density at radius 2 is 1.52 bits per heavy atom. The molecule has 0 bridgehead atoms. The molecule has 0 atom stereocenters. The van der Waals surface area contributed by atoms with E-state index in [4.69, 9.17) is 9.47 Å². The molecule has 2 amide bonds. The van der Waals surface area contributed by atoms with E-state index in [1.165, 1.54) is 0 Å². The molecular formula is C17H24N4O4. The number of aryl methyl sites for hydroxylation is 1. The van der Waals surface area contributed by atoms with Crippen molar-refractivity contribution >= 4 is 29.2 Å². The van der Waals surface area contributed by atoms with E-state index in [1.54, 1.807) is 54.7 Å². The van der Waals surface area contributed by atoms with Gasteiger partial charge in [-0.25, -0.2) is 14.6 Å². The van der Waals surface area contributed by atoms with Crippen molar-refractivity contribution in [3.63, 3.8) is 0 Å². The van der Waals surface area contributed by atoms with E-state index in [2.05, 4.69) is 15.0 Å². The van der Waals surface area contributed by atoms with Gasteiger partial charge in [0.1, 0.15) is 16.8 Å². The van der Waals surface area contributed by atoms with Crippen LogP contribution in [0.4, 0.5) is 15.5 Å². The number of H-pyrrole nitrogens is 1. The molecule has 0 radical (unpaired) electrons. The predicted molar refractivity (Wildman–Crippen MR) is 93.6 cm³/mol. The van der Waals surface area contributed by atoms with E-state index in [0.717, 1.165) is 5.39 Å². The van der Waals surface area contributed by atoms with Crippen LogP contribution in [0.1, 0.15) is 47.2 Å². The van der Waals surface area contributed by atoms with Crippen LogP contribution in [0.5, 0.6) is 0 Å². The summed E-state index contributed by atoms with van der Waals surface area (Å²) in [5.74, 6) is -0.101. The molecule has 0 aliphatic heterocycles. The number of carbonyl (C=O) groups is 2. The van der Waals surface area contributed by atoms with Crippen LogP contribution in [0, 0.1) is 6.92 Å². The van der Waals surface area contributed by atoms with Crippen molar-refractivity contribution < 1.29 is 19.1 Å². The van der Waals surface area contributed by atoms with Gasteiger partial charge in [0.05, 0.1) is 5.69 Å². The first kappa shape index (κ1) is 18.7. The summed E-state index contributed by atoms with van der Waals surface area (Å²) in [6.45, 7) is 12.0. The Morgan fingerprint density at radius 3 is 2.00 bits per heavy atom. The van der Waals surface area contributed by atoms with Gasteiger partial charge in [-0.15, -0.1) is 4.90 Å². The molecular weight excluding hydrogens is 324 g/mol. The lowest BCUT2D eigenvalue weighted by Crippen LogP contribution is -2.44. The number of rotatable bonds is 1. The number of ether oxygens (including phenoxy) is 2. The summed E-state index contributed by atoms with van der Waals surface area (Å²) in [6, 6.07) is 1.82. The van der Waals surface area contributed by atoms with Crippen molar-refractivity contribution in [2.45, 2.75) is 59.7 Å². The van der Waals surface area contributed by atoms with E-state index < -0.39 is 23.4 Å². The molecule has 0 aromatic carbocycles. The molecule has 0 aliphatic rings. The number of fused-ring (bicyclic) bond motifs is 1. The molecule has 0 fully saturated rings. The van der Waals surface area contributed by atoms with Crippen LogP contribution < -0.4 is 4.90 Å². The number of carbonyl (C=O) groups excluding carboxylic acids is 2. The monoisotopic (exact) mass is 348 g/mol. The molecule has 0 saturated heterocycles. The summed E-state index contributed by atoms with van der Waals surface area (Å²) in [4.78, 5) is 37.4. The summed E-state index contributed by atoms with van der Waals surface area (Å²) in [5, 5.41) is 0.803. The lowest BCUT2D eigenvalue weighted by atomic mass is 10.2. The van der Waals surface area contributed by atoms with Crippen LogP contribution in [-0.2, 0) is 9.47 Å². The van der Waals surface area contributed by atoms with E-state index >= 15 is 0 Å². The van der Waals surface area contributed by atoms with Gasteiger partial charge in [-0.1, -0.05) is 0 Å². The van der Waals surface area contributed by atoms with Gasteiger partial charge in [-0.2, -0.15) is 4.98 Å². The number of anilines is 1. The molecule has 0 saturated carbocycles. The van der Waals surface area contributed by atoms with Gasteiger partial charge < -0.3 is 14.5 Å². The molecule has 8 nitrogen and oxygen atoms in total. The highest BCUT2D eigenvalue weighted by Crippen LogP contribution is 2.22. The second kappa shape index (κ2) is 6.34. The topological polar surface area (TPSA) is 97.4 Å². The Hall–Kier alpha value is -2.64. The Balaban J connectivity index is 2.48. The highest BCUT2D eigenvalue weighted by atomic mass is 16.6. The molecule has 2 rings (SSSR count). The smallest absolute Gasteiger partial charge is 0.427 e. The highest BCUT2D eigenvalue weighted by Gasteiger charge is 2.35. The summed E-state index contributed by atoms with van der Waals surface area (Å²) in [5.41, 5.74) is -0.441. The maximum Gasteiger partial charge on any atom is 0.427 e. The van der Waals surface area contributed by atoms with E-state index in [0.29, 0.717) is 16.2 Å². The maximum absolute atomic E-state index is 12.6. The van der Waals surface area contributed by atoms with Crippen LogP contribution in [0.25, 0.3) is 11.0 Å². The fourth-order valence-electron chi connectivity index (χ4n) is 2.03. The lowest BCUT2D eigenvalue weighted by Gasteiger charge is -2.27. The maximum atomic E-state index is 12.6. The van der Waals surface area contributed by atoms with Gasteiger partial charge >= 0.3 is 12.2 Å². The van der Waals surface area contributed by atoms with Gasteiger partial charge in [0.2, 0.25) is 5.95 Å². The summed E-state index contributed by atoms with van der Waals surface area (Å²) in [6.07, 6.45) is -0.0827. The normalized spacial score (nSPS) is 12.1. The predicted octanol–water partition coefficient (Wildman–Crippen LogP) is 3.94. The summed E-state index contributed by atoms with van der Waals surface area (Å²) >= 11 is 0. The third kappa shape index (κ3) is 4.68. The number of amides is 2. The minimum absolute atomic E-state index is 0.101. The molecule has 0 spiro atoms. The van der Waals surface area contributed by atoms with Crippen LogP contribution in [0.2, 0.25) is 0 Å². The van der Waals surface area contributed by atoms with Crippen molar-refractivity contribution in [3.05, 3.63) is 18.0 Å². The number of hydrogen-bond donors (Lipinski definition) is 1. The number of aromatic amines is 1. The minimum atomic E-state index is -0.896. The Labute approximate surface area is 146 Å². The Kier molecular flexibility index (Phi) is 4.74. The number of nitrogens with one attached hydrogen (secondary N) is 1. The molecule has 136 valence electrons. The zero-order valence-corrected chi connectivity index (χ0v) is 15.6. The Morgan fingerprint density at radius 1 is 1.00 bits per heavy atom. The van der Waals surface area contributed by atoms with Crippen molar-refractivity contribution in [2.24, 2.45) is 0 Å². The largest absolute Gasteiger partial charge is 0.443 e. The molecule has 8 heteroatoms. The summed E-state index contributed by atoms with van der Waals surface area (Å²) < 4.78 is 10.6. The standard InChI is InChI=1S/C17H24N4O4/c1-10-11-8-9-18-12(11)20-13(19-10)21(14(22)24-16(2,3)4)15(23)25-17(5,6)7/h8-9H,1-7H3,(H,18,19,20). The van der Waals surface area contributed by atoms with Gasteiger partial charge in [0.25, 0.3) is 0 Å². The van der Waals surface area contributed by atoms with E-state index in [9.17, 15) is 9.59 Å². The fourth-order valence-corrected chi connectivity index (χ4v) is 2.03. The molecule has 0 aliphatic carbocycles. The van der Waals surface area contributed by atoms with Crippen LogP contribution in [-0.4, -0.2) is 38.3 Å². The quantitative estimate of drug-likeness (QED) is 0.838. The van der Waals surface area contributed by atoms with Crippen molar-refractivity contribution in [2.75, 3.05) is 4.90 Å². The SMILES string of the molecule is Cc1nc(N(C(=O)OC(C)(C)C)C(=O)OC(C)(C)C)nc2[nH]ccc12. The van der Waals surface area contributed by atoms with Crippen molar-refractivity contribution in [1.29, 1.82) is 0 Å². The van der Waals surface area contributed by atoms with Gasteiger partial charge in [-0.3, -0.25) is 0 Å². The first-order valence-electron chi connectivity index (χ1n) is 7.95. The molecule has 2 aromatic heterocycles. The zero-order valence-electron chi connectivity index (χ0n) is 15.6.